The van der Waals surface area contributed by atoms with Crippen LogP contribution in [0.25, 0.3) is 111 Å². The first kappa shape index (κ1) is 31.9. The first-order valence-electron chi connectivity index (χ1n) is 18.7. The topological polar surface area (TPSA) is 65.0 Å². The highest BCUT2D eigenvalue weighted by Gasteiger charge is 2.20. The number of rotatable bonds is 6. The molecule has 5 nitrogen and oxygen atoms in total. The Kier molecular flexibility index (Phi) is 7.42. The van der Waals surface area contributed by atoms with Crippen molar-refractivity contribution in [3.05, 3.63) is 188 Å². The number of benzene rings is 7. The van der Waals surface area contributed by atoms with Crippen molar-refractivity contribution >= 4 is 43.9 Å². The van der Waals surface area contributed by atoms with E-state index in [1.54, 1.807) is 6.20 Å². The van der Waals surface area contributed by atoms with Crippen molar-refractivity contribution in [2.24, 2.45) is 0 Å². The lowest BCUT2D eigenvalue weighted by atomic mass is 9.93. The molecule has 0 amide bonds. The van der Waals surface area contributed by atoms with Crippen LogP contribution < -0.4 is 0 Å². The number of nitrogens with zero attached hydrogens (tertiary/aromatic N) is 3. The Morgan fingerprint density at radius 1 is 0.357 bits per heavy atom. The van der Waals surface area contributed by atoms with Crippen molar-refractivity contribution in [3.8, 4) is 67.3 Å². The van der Waals surface area contributed by atoms with Crippen LogP contribution in [0.1, 0.15) is 0 Å². The first-order valence-corrected chi connectivity index (χ1v) is 18.7. The lowest BCUT2D eigenvalue weighted by Crippen LogP contribution is -1.96. The van der Waals surface area contributed by atoms with Crippen LogP contribution in [-0.2, 0) is 0 Å². The summed E-state index contributed by atoms with van der Waals surface area (Å²) in [5, 5.41) is 4.35. The van der Waals surface area contributed by atoms with E-state index in [4.69, 9.17) is 18.8 Å². The lowest BCUT2D eigenvalue weighted by Gasteiger charge is -2.11. The smallest absolute Gasteiger partial charge is 0.160 e. The maximum Gasteiger partial charge on any atom is 0.160 e. The summed E-state index contributed by atoms with van der Waals surface area (Å²) in [5.74, 6) is 0.669. The SMILES string of the molecule is c1ccc(-c2cc(-c3ccc(-c4ccc(-c5cccc6c5oc5ccccc56)c5c4oc4ccccc45)cc3)nc(-c3ccc(-c4cccnc4)cc3)n2)cc1. The first-order chi connectivity index (χ1) is 27.7. The van der Waals surface area contributed by atoms with Gasteiger partial charge in [0.15, 0.2) is 5.82 Å². The summed E-state index contributed by atoms with van der Waals surface area (Å²) < 4.78 is 13.2. The third-order valence-electron chi connectivity index (χ3n) is 10.6. The average Bonchev–Trinajstić information content (AvgIpc) is 3.86. The largest absolute Gasteiger partial charge is 0.455 e. The van der Waals surface area contributed by atoms with Crippen molar-refractivity contribution in [2.75, 3.05) is 0 Å². The van der Waals surface area contributed by atoms with Crippen molar-refractivity contribution in [1.82, 2.24) is 15.0 Å². The van der Waals surface area contributed by atoms with Crippen molar-refractivity contribution < 1.29 is 8.83 Å². The highest BCUT2D eigenvalue weighted by atomic mass is 16.3. The van der Waals surface area contributed by atoms with Crippen molar-refractivity contribution in [3.63, 3.8) is 0 Å². The monoisotopic (exact) mass is 717 g/mol. The van der Waals surface area contributed by atoms with Crippen LogP contribution in [0.3, 0.4) is 0 Å². The van der Waals surface area contributed by atoms with E-state index in [0.717, 1.165) is 105 Å². The predicted molar refractivity (Wildman–Crippen MR) is 227 cm³/mol. The van der Waals surface area contributed by atoms with E-state index in [9.17, 15) is 0 Å². The molecule has 262 valence electrons. The van der Waals surface area contributed by atoms with Gasteiger partial charge in [0.05, 0.1) is 11.4 Å². The van der Waals surface area contributed by atoms with Crippen molar-refractivity contribution in [2.45, 2.75) is 0 Å². The maximum absolute atomic E-state index is 6.70. The summed E-state index contributed by atoms with van der Waals surface area (Å²) in [6.45, 7) is 0. The Morgan fingerprint density at radius 2 is 0.946 bits per heavy atom. The van der Waals surface area contributed by atoms with E-state index < -0.39 is 0 Å². The summed E-state index contributed by atoms with van der Waals surface area (Å²) in [7, 11) is 0. The van der Waals surface area contributed by atoms with Crippen LogP contribution in [0.15, 0.2) is 197 Å². The van der Waals surface area contributed by atoms with Crippen LogP contribution in [0.5, 0.6) is 0 Å². The normalized spacial score (nSPS) is 11.6. The van der Waals surface area contributed by atoms with Crippen LogP contribution in [0, 0.1) is 0 Å². The molecule has 5 heteroatoms. The molecular formula is C51H31N3O2. The van der Waals surface area contributed by atoms with Gasteiger partial charge in [-0.25, -0.2) is 9.97 Å². The van der Waals surface area contributed by atoms with Crippen molar-refractivity contribution in [1.29, 1.82) is 0 Å². The molecule has 0 radical (unpaired) electrons. The zero-order chi connectivity index (χ0) is 37.0. The molecule has 0 saturated carbocycles. The Hall–Kier alpha value is -7.63. The third kappa shape index (κ3) is 5.37. The van der Waals surface area contributed by atoms with Crippen LogP contribution >= 0.6 is 0 Å². The molecule has 0 fully saturated rings. The Balaban J connectivity index is 1.02. The minimum atomic E-state index is 0.669. The fourth-order valence-electron chi connectivity index (χ4n) is 7.89. The molecule has 4 heterocycles. The molecule has 0 aliphatic rings. The Bertz CT molecular complexity index is 3220. The summed E-state index contributed by atoms with van der Waals surface area (Å²) in [6, 6.07) is 60.5. The molecular weight excluding hydrogens is 687 g/mol. The lowest BCUT2D eigenvalue weighted by molar-refractivity contribution is 0.669. The highest BCUT2D eigenvalue weighted by Crippen LogP contribution is 2.45. The predicted octanol–water partition coefficient (Wildman–Crippen LogP) is 13.7. The Labute approximate surface area is 322 Å². The van der Waals surface area contributed by atoms with Crippen LogP contribution in [0.4, 0.5) is 0 Å². The minimum absolute atomic E-state index is 0.669. The quantitative estimate of drug-likeness (QED) is 0.171. The fourth-order valence-corrected chi connectivity index (χ4v) is 7.89. The summed E-state index contributed by atoms with van der Waals surface area (Å²) in [5.41, 5.74) is 14.5. The van der Waals surface area contributed by atoms with Gasteiger partial charge in [-0.3, -0.25) is 4.98 Å². The molecule has 0 bridgehead atoms. The summed E-state index contributed by atoms with van der Waals surface area (Å²) in [4.78, 5) is 14.4. The maximum atomic E-state index is 6.70. The highest BCUT2D eigenvalue weighted by molar-refractivity contribution is 6.19. The van der Waals surface area contributed by atoms with Gasteiger partial charge in [0.1, 0.15) is 22.3 Å². The number of furan rings is 2. The molecule has 0 atom stereocenters. The standard InChI is InChI=1S/C51H31N3O2/c1-2-10-34(11-3-1)44-30-45(54-51(53-44)36-25-19-32(20-26-36)37-12-9-29-52-31-37)35-23-21-33(22-24-35)38-27-28-40(48-43-14-5-7-18-47(43)56-50(38)48)42-16-8-15-41-39-13-4-6-17-46(39)55-49(41)42/h1-31H. The second-order valence-corrected chi connectivity index (χ2v) is 14.0. The minimum Gasteiger partial charge on any atom is -0.455 e. The van der Waals surface area contributed by atoms with Gasteiger partial charge >= 0.3 is 0 Å². The molecule has 4 aromatic heterocycles. The number of para-hydroxylation sites is 3. The molecule has 0 N–H and O–H groups in total. The number of pyridine rings is 1. The van der Waals surface area contributed by atoms with E-state index in [2.05, 4.69) is 132 Å². The van der Waals surface area contributed by atoms with Gasteiger partial charge in [-0.05, 0) is 52.6 Å². The van der Waals surface area contributed by atoms with E-state index in [1.807, 2.05) is 54.7 Å². The Morgan fingerprint density at radius 3 is 1.71 bits per heavy atom. The third-order valence-corrected chi connectivity index (χ3v) is 10.6. The van der Waals surface area contributed by atoms with E-state index in [1.165, 1.54) is 0 Å². The molecule has 56 heavy (non-hydrogen) atoms. The zero-order valence-corrected chi connectivity index (χ0v) is 30.1. The number of fused-ring (bicyclic) bond motifs is 6. The average molecular weight is 718 g/mol. The number of hydrogen-bond acceptors (Lipinski definition) is 5. The van der Waals surface area contributed by atoms with Gasteiger partial charge in [0.2, 0.25) is 0 Å². The number of aromatic nitrogens is 3. The van der Waals surface area contributed by atoms with E-state index >= 15 is 0 Å². The van der Waals surface area contributed by atoms with Gasteiger partial charge in [0, 0.05) is 61.8 Å². The molecule has 11 rings (SSSR count). The van der Waals surface area contributed by atoms with E-state index in [-0.39, 0.29) is 0 Å². The molecule has 0 aliphatic heterocycles. The fraction of sp³-hybridized carbons (Fsp3) is 0. The molecule has 0 saturated heterocycles. The van der Waals surface area contributed by atoms with Crippen LogP contribution in [-0.4, -0.2) is 15.0 Å². The van der Waals surface area contributed by atoms with Gasteiger partial charge < -0.3 is 8.83 Å². The van der Waals surface area contributed by atoms with Crippen LogP contribution in [0.2, 0.25) is 0 Å². The second kappa shape index (κ2) is 13.0. The van der Waals surface area contributed by atoms with E-state index in [0.29, 0.717) is 5.82 Å². The molecule has 7 aromatic carbocycles. The molecule has 0 unspecified atom stereocenters. The second-order valence-electron chi connectivity index (χ2n) is 14.0. The number of hydrogen-bond donors (Lipinski definition) is 0. The van der Waals surface area contributed by atoms with Gasteiger partial charge in [0.25, 0.3) is 0 Å². The molecule has 0 spiro atoms. The van der Waals surface area contributed by atoms with Gasteiger partial charge in [-0.1, -0.05) is 146 Å². The molecule has 0 aliphatic carbocycles. The van der Waals surface area contributed by atoms with Gasteiger partial charge in [-0.15, -0.1) is 0 Å². The van der Waals surface area contributed by atoms with Gasteiger partial charge in [-0.2, -0.15) is 0 Å². The molecule has 11 aromatic rings. The summed E-state index contributed by atoms with van der Waals surface area (Å²) >= 11 is 0. The zero-order valence-electron chi connectivity index (χ0n) is 30.1. The summed E-state index contributed by atoms with van der Waals surface area (Å²) in [6.07, 6.45) is 3.66.